The number of hydrogen-bond donors (Lipinski definition) is 0. The summed E-state index contributed by atoms with van der Waals surface area (Å²) in [5, 5.41) is 0. The molecule has 2 saturated heterocycles. The zero-order valence-electron chi connectivity index (χ0n) is 19.7. The highest BCUT2D eigenvalue weighted by Gasteiger charge is 2.41. The van der Waals surface area contributed by atoms with Crippen LogP contribution in [-0.2, 0) is 20.8 Å². The molecule has 0 aliphatic carbocycles. The van der Waals surface area contributed by atoms with Crippen LogP contribution in [0.2, 0.25) is 0 Å². The minimum Gasteiger partial charge on any atom is -0.368 e. The average Bonchev–Trinajstić information content (AvgIpc) is 3.25. The summed E-state index contributed by atoms with van der Waals surface area (Å²) >= 11 is 0. The zero-order valence-corrected chi connectivity index (χ0v) is 19.7. The van der Waals surface area contributed by atoms with Gasteiger partial charge in [0.1, 0.15) is 6.04 Å². The molecule has 3 aromatic carbocycles. The van der Waals surface area contributed by atoms with Crippen LogP contribution in [0.25, 0.3) is 11.1 Å². The maximum atomic E-state index is 13.6. The first-order valence-corrected chi connectivity index (χ1v) is 12.2. The van der Waals surface area contributed by atoms with E-state index in [2.05, 4.69) is 41.3 Å². The molecule has 3 aromatic rings. The molecule has 0 saturated carbocycles. The van der Waals surface area contributed by atoms with Crippen molar-refractivity contribution in [3.8, 4) is 11.1 Å². The monoisotopic (exact) mass is 467 g/mol. The summed E-state index contributed by atoms with van der Waals surface area (Å²) in [5.41, 5.74) is 4.40. The lowest BCUT2D eigenvalue weighted by atomic mass is 10.0. The number of imide groups is 1. The van der Waals surface area contributed by atoms with Crippen molar-refractivity contribution in [3.63, 3.8) is 0 Å². The second kappa shape index (κ2) is 10.1. The Morgan fingerprint density at radius 3 is 1.97 bits per heavy atom. The minimum absolute atomic E-state index is 0.143. The van der Waals surface area contributed by atoms with Gasteiger partial charge in [-0.3, -0.25) is 19.3 Å². The molecular weight excluding hydrogens is 438 g/mol. The first-order chi connectivity index (χ1) is 17.1. The van der Waals surface area contributed by atoms with Gasteiger partial charge in [0.15, 0.2) is 0 Å². The van der Waals surface area contributed by atoms with Gasteiger partial charge in [-0.15, -0.1) is 0 Å². The molecule has 1 atom stereocenters. The molecule has 178 valence electrons. The molecule has 2 heterocycles. The van der Waals surface area contributed by atoms with E-state index in [-0.39, 0.29) is 30.6 Å². The van der Waals surface area contributed by atoms with Gasteiger partial charge >= 0.3 is 0 Å². The van der Waals surface area contributed by atoms with E-state index < -0.39 is 6.04 Å². The van der Waals surface area contributed by atoms with Gasteiger partial charge in [-0.25, -0.2) is 0 Å². The summed E-state index contributed by atoms with van der Waals surface area (Å²) in [4.78, 5) is 44.0. The number of likely N-dealkylation sites (tertiary alicyclic amines) is 1. The van der Waals surface area contributed by atoms with Crippen LogP contribution in [0.4, 0.5) is 5.69 Å². The molecule has 0 N–H and O–H groups in total. The average molecular weight is 468 g/mol. The third kappa shape index (κ3) is 4.97. The van der Waals surface area contributed by atoms with Crippen molar-refractivity contribution >= 4 is 23.4 Å². The van der Waals surface area contributed by atoms with E-state index in [9.17, 15) is 14.4 Å². The Morgan fingerprint density at radius 2 is 1.31 bits per heavy atom. The molecule has 6 nitrogen and oxygen atoms in total. The van der Waals surface area contributed by atoms with Crippen LogP contribution in [0, 0.1) is 0 Å². The molecule has 3 amide bonds. The topological polar surface area (TPSA) is 60.9 Å². The molecular formula is C29H29N3O3. The number of carbonyl (C=O) groups excluding carboxylic acids is 3. The summed E-state index contributed by atoms with van der Waals surface area (Å²) in [6, 6.07) is 27.6. The number of nitrogens with zero attached hydrogens (tertiary/aromatic N) is 3. The molecule has 2 fully saturated rings. The van der Waals surface area contributed by atoms with E-state index >= 15 is 0 Å². The van der Waals surface area contributed by atoms with Crippen molar-refractivity contribution in [3.05, 3.63) is 90.5 Å². The molecule has 35 heavy (non-hydrogen) atoms. The summed E-state index contributed by atoms with van der Waals surface area (Å²) in [7, 11) is 0. The van der Waals surface area contributed by atoms with Crippen molar-refractivity contribution in [1.82, 2.24) is 9.80 Å². The Bertz CT molecular complexity index is 1190. The van der Waals surface area contributed by atoms with E-state index in [4.69, 9.17) is 0 Å². The maximum Gasteiger partial charge on any atom is 0.246 e. The predicted molar refractivity (Wildman–Crippen MR) is 136 cm³/mol. The Balaban J connectivity index is 1.30. The van der Waals surface area contributed by atoms with Gasteiger partial charge in [0.25, 0.3) is 0 Å². The predicted octanol–water partition coefficient (Wildman–Crippen LogP) is 3.76. The molecule has 6 heteroatoms. The number of piperazine rings is 1. The van der Waals surface area contributed by atoms with Crippen molar-refractivity contribution in [2.75, 3.05) is 31.1 Å². The second-order valence-corrected chi connectivity index (χ2v) is 9.09. The Morgan fingerprint density at radius 1 is 0.714 bits per heavy atom. The van der Waals surface area contributed by atoms with Crippen molar-refractivity contribution in [2.45, 2.75) is 25.3 Å². The number of hydrogen-bond acceptors (Lipinski definition) is 4. The first-order valence-electron chi connectivity index (χ1n) is 12.2. The van der Waals surface area contributed by atoms with Crippen molar-refractivity contribution < 1.29 is 14.4 Å². The lowest BCUT2D eigenvalue weighted by Gasteiger charge is -2.39. The van der Waals surface area contributed by atoms with Gasteiger partial charge in [-0.05, 0) is 28.8 Å². The fourth-order valence-corrected chi connectivity index (χ4v) is 4.98. The highest BCUT2D eigenvalue weighted by atomic mass is 16.2. The Kier molecular flexibility index (Phi) is 6.62. The van der Waals surface area contributed by atoms with E-state index in [1.807, 2.05) is 53.4 Å². The maximum absolute atomic E-state index is 13.6. The highest BCUT2D eigenvalue weighted by molar-refractivity contribution is 6.05. The van der Waals surface area contributed by atoms with Gasteiger partial charge in [0.05, 0.1) is 0 Å². The van der Waals surface area contributed by atoms with Gasteiger partial charge < -0.3 is 9.80 Å². The van der Waals surface area contributed by atoms with Crippen LogP contribution in [0.15, 0.2) is 84.9 Å². The third-order valence-corrected chi connectivity index (χ3v) is 6.87. The lowest BCUT2D eigenvalue weighted by molar-refractivity contribution is -0.150. The fraction of sp³-hybridized carbons (Fsp3) is 0.276. The van der Waals surface area contributed by atoms with E-state index in [1.54, 1.807) is 0 Å². The summed E-state index contributed by atoms with van der Waals surface area (Å²) < 4.78 is 0. The van der Waals surface area contributed by atoms with E-state index in [0.29, 0.717) is 32.6 Å². The van der Waals surface area contributed by atoms with E-state index in [1.165, 1.54) is 10.5 Å². The van der Waals surface area contributed by atoms with Gasteiger partial charge in [0, 0.05) is 51.1 Å². The number of amides is 3. The van der Waals surface area contributed by atoms with Crippen LogP contribution in [0.5, 0.6) is 0 Å². The summed E-state index contributed by atoms with van der Waals surface area (Å²) in [6.07, 6.45) is 0.711. The molecule has 0 radical (unpaired) electrons. The number of carbonyl (C=O) groups is 3. The van der Waals surface area contributed by atoms with Crippen molar-refractivity contribution in [1.29, 1.82) is 0 Å². The molecule has 1 unspecified atom stereocenters. The minimum atomic E-state index is -0.784. The normalized spacial score (nSPS) is 17.1. The smallest absolute Gasteiger partial charge is 0.246 e. The summed E-state index contributed by atoms with van der Waals surface area (Å²) in [5.74, 6) is -0.642. The lowest BCUT2D eigenvalue weighted by Crippen LogP contribution is -2.56. The van der Waals surface area contributed by atoms with Crippen LogP contribution < -0.4 is 4.90 Å². The molecule has 2 aliphatic heterocycles. The van der Waals surface area contributed by atoms with Gasteiger partial charge in [0.2, 0.25) is 17.7 Å². The fourth-order valence-electron chi connectivity index (χ4n) is 4.98. The van der Waals surface area contributed by atoms with Crippen LogP contribution in [0.1, 0.15) is 18.4 Å². The molecule has 0 spiro atoms. The molecule has 2 aliphatic rings. The number of anilines is 1. The highest BCUT2D eigenvalue weighted by Crippen LogP contribution is 2.26. The van der Waals surface area contributed by atoms with Crippen LogP contribution >= 0.6 is 0 Å². The molecule has 5 rings (SSSR count). The van der Waals surface area contributed by atoms with Gasteiger partial charge in [-0.2, -0.15) is 0 Å². The largest absolute Gasteiger partial charge is 0.368 e. The first kappa shape index (κ1) is 22.8. The van der Waals surface area contributed by atoms with E-state index in [0.717, 1.165) is 16.8 Å². The third-order valence-electron chi connectivity index (χ3n) is 6.87. The second-order valence-electron chi connectivity index (χ2n) is 9.09. The Hall–Kier alpha value is -3.93. The standard InChI is InChI=1S/C29H29N3O3/c33-27-14-15-28(34)32(27)26(20-22-8-3-1-4-9-22)29(35)31-18-16-30(17-19-31)25-13-7-12-24(21-25)23-10-5-2-6-11-23/h1-13,21,26H,14-20H2. The quantitative estimate of drug-likeness (QED) is 0.518. The van der Waals surface area contributed by atoms with Gasteiger partial charge in [-0.1, -0.05) is 72.8 Å². The van der Waals surface area contributed by atoms with Crippen molar-refractivity contribution in [2.24, 2.45) is 0 Å². The summed E-state index contributed by atoms with van der Waals surface area (Å²) in [6.45, 7) is 2.50. The Labute approximate surface area is 205 Å². The van der Waals surface area contributed by atoms with Crippen LogP contribution in [-0.4, -0.2) is 59.7 Å². The van der Waals surface area contributed by atoms with Crippen LogP contribution in [0.3, 0.4) is 0 Å². The molecule has 0 aromatic heterocycles. The SMILES string of the molecule is O=C(C(Cc1ccccc1)N1C(=O)CCC1=O)N1CCN(c2cccc(-c3ccccc3)c2)CC1. The molecule has 0 bridgehead atoms. The number of rotatable bonds is 6. The number of benzene rings is 3. The zero-order chi connectivity index (χ0) is 24.2.